The maximum atomic E-state index is 12.4. The van der Waals surface area contributed by atoms with Crippen LogP contribution in [0.5, 0.6) is 0 Å². The van der Waals surface area contributed by atoms with Crippen LogP contribution in [0, 0.1) is 6.92 Å². The van der Waals surface area contributed by atoms with Crippen LogP contribution in [0.25, 0.3) is 44.8 Å². The summed E-state index contributed by atoms with van der Waals surface area (Å²) in [5.41, 5.74) is 3.90. The predicted molar refractivity (Wildman–Crippen MR) is 132 cm³/mol. The molecular weight excluding hydrogens is 426 g/mol. The number of hydrogen-bond acceptors (Lipinski definition) is 5. The summed E-state index contributed by atoms with van der Waals surface area (Å²) in [6, 6.07) is 28.8. The van der Waals surface area contributed by atoms with Crippen LogP contribution < -0.4 is 5.32 Å². The number of aryl methyl sites for hydroxylation is 1. The first-order chi connectivity index (χ1) is 16.6. The summed E-state index contributed by atoms with van der Waals surface area (Å²) >= 11 is 0. The third kappa shape index (κ3) is 3.61. The molecule has 2 heterocycles. The molecule has 34 heavy (non-hydrogen) atoms. The van der Waals surface area contributed by atoms with Crippen LogP contribution in [-0.2, 0) is 0 Å². The normalized spacial score (nSPS) is 11.2. The molecule has 0 saturated heterocycles. The summed E-state index contributed by atoms with van der Waals surface area (Å²) in [7, 11) is 0. The van der Waals surface area contributed by atoms with Crippen LogP contribution in [0.4, 0.5) is 5.69 Å². The zero-order chi connectivity index (χ0) is 23.1. The molecule has 6 nitrogen and oxygen atoms in total. The maximum Gasteiger partial charge on any atom is 0.283 e. The first-order valence-electron chi connectivity index (χ1n) is 10.9. The van der Waals surface area contributed by atoms with E-state index in [2.05, 4.69) is 27.6 Å². The van der Waals surface area contributed by atoms with Crippen molar-refractivity contribution in [2.75, 3.05) is 5.32 Å². The second-order valence-electron chi connectivity index (χ2n) is 8.12. The Morgan fingerprint density at radius 3 is 2.35 bits per heavy atom. The SMILES string of the molecule is Cc1ccc(C(=O)Nc2ccc(-c3nnc(-c4cc5c(ccc6ccccc65)o4)o3)cc2)cc1. The number of benzene rings is 4. The number of carbonyl (C=O) groups is 1. The summed E-state index contributed by atoms with van der Waals surface area (Å²) in [5, 5.41) is 14.5. The maximum absolute atomic E-state index is 12.4. The number of anilines is 1. The number of aromatic nitrogens is 2. The van der Waals surface area contributed by atoms with E-state index in [0.717, 1.165) is 32.9 Å². The molecule has 0 spiro atoms. The van der Waals surface area contributed by atoms with E-state index in [4.69, 9.17) is 8.83 Å². The van der Waals surface area contributed by atoms with Gasteiger partial charge < -0.3 is 14.2 Å². The van der Waals surface area contributed by atoms with Crippen molar-refractivity contribution >= 4 is 33.3 Å². The predicted octanol–water partition coefficient (Wildman–Crippen LogP) is 6.86. The topological polar surface area (TPSA) is 81.2 Å². The summed E-state index contributed by atoms with van der Waals surface area (Å²) in [6.07, 6.45) is 0. The lowest BCUT2D eigenvalue weighted by atomic mass is 10.1. The van der Waals surface area contributed by atoms with Gasteiger partial charge in [0.1, 0.15) is 5.58 Å². The summed E-state index contributed by atoms with van der Waals surface area (Å²) in [4.78, 5) is 12.4. The molecule has 6 heteroatoms. The summed E-state index contributed by atoms with van der Waals surface area (Å²) in [6.45, 7) is 1.99. The number of carbonyl (C=O) groups excluding carboxylic acids is 1. The van der Waals surface area contributed by atoms with Gasteiger partial charge in [-0.25, -0.2) is 0 Å². The van der Waals surface area contributed by atoms with E-state index in [1.165, 1.54) is 0 Å². The van der Waals surface area contributed by atoms with E-state index in [1.807, 2.05) is 61.5 Å². The largest absolute Gasteiger partial charge is 0.451 e. The quantitative estimate of drug-likeness (QED) is 0.320. The first kappa shape index (κ1) is 19.9. The highest BCUT2D eigenvalue weighted by Crippen LogP contribution is 2.33. The second-order valence-corrected chi connectivity index (χ2v) is 8.12. The van der Waals surface area contributed by atoms with Crippen LogP contribution in [0.1, 0.15) is 15.9 Å². The van der Waals surface area contributed by atoms with Crippen LogP contribution >= 0.6 is 0 Å². The molecule has 1 amide bonds. The minimum Gasteiger partial charge on any atom is -0.451 e. The van der Waals surface area contributed by atoms with E-state index in [0.29, 0.717) is 28.8 Å². The lowest BCUT2D eigenvalue weighted by molar-refractivity contribution is 0.102. The van der Waals surface area contributed by atoms with E-state index >= 15 is 0 Å². The number of hydrogen-bond donors (Lipinski definition) is 1. The first-order valence-corrected chi connectivity index (χ1v) is 10.9. The molecule has 0 aliphatic rings. The van der Waals surface area contributed by atoms with Gasteiger partial charge in [-0.1, -0.05) is 48.0 Å². The van der Waals surface area contributed by atoms with Gasteiger partial charge in [-0.3, -0.25) is 4.79 Å². The molecule has 0 atom stereocenters. The molecule has 6 rings (SSSR count). The number of nitrogens with zero attached hydrogens (tertiary/aromatic N) is 2. The van der Waals surface area contributed by atoms with Crippen molar-refractivity contribution in [1.82, 2.24) is 10.2 Å². The highest BCUT2D eigenvalue weighted by molar-refractivity contribution is 6.07. The van der Waals surface area contributed by atoms with Gasteiger partial charge >= 0.3 is 0 Å². The molecule has 0 fully saturated rings. The smallest absolute Gasteiger partial charge is 0.283 e. The average molecular weight is 445 g/mol. The molecule has 0 aliphatic heterocycles. The van der Waals surface area contributed by atoms with Crippen molar-refractivity contribution in [2.24, 2.45) is 0 Å². The van der Waals surface area contributed by atoms with Crippen molar-refractivity contribution in [3.8, 4) is 23.1 Å². The molecule has 164 valence electrons. The fourth-order valence-corrected chi connectivity index (χ4v) is 3.94. The lowest BCUT2D eigenvalue weighted by Gasteiger charge is -2.06. The van der Waals surface area contributed by atoms with Gasteiger partial charge in [0.15, 0.2) is 5.76 Å². The van der Waals surface area contributed by atoms with Crippen LogP contribution in [-0.4, -0.2) is 16.1 Å². The molecule has 0 saturated carbocycles. The monoisotopic (exact) mass is 445 g/mol. The molecule has 1 N–H and O–H groups in total. The standard InChI is InChI=1S/C28H19N3O3/c1-17-6-8-19(9-7-17)26(32)29-21-13-10-20(11-14-21)27-30-31-28(34-27)25-16-23-22-5-3-2-4-18(22)12-15-24(23)33-25/h2-16H,1H3,(H,29,32). The van der Waals surface area contributed by atoms with E-state index in [-0.39, 0.29) is 5.91 Å². The fourth-order valence-electron chi connectivity index (χ4n) is 3.94. The van der Waals surface area contributed by atoms with E-state index in [9.17, 15) is 4.79 Å². The molecule has 0 bridgehead atoms. The van der Waals surface area contributed by atoms with Gasteiger partial charge in [-0.2, -0.15) is 0 Å². The molecule has 2 aromatic heterocycles. The molecule has 0 aliphatic carbocycles. The number of nitrogens with one attached hydrogen (secondary N) is 1. The minimum atomic E-state index is -0.162. The Morgan fingerprint density at radius 1 is 0.765 bits per heavy atom. The van der Waals surface area contributed by atoms with Crippen LogP contribution in [0.3, 0.4) is 0 Å². The molecule has 4 aromatic carbocycles. The van der Waals surface area contributed by atoms with Crippen molar-refractivity contribution in [3.05, 3.63) is 102 Å². The van der Waals surface area contributed by atoms with Gasteiger partial charge in [0, 0.05) is 22.2 Å². The van der Waals surface area contributed by atoms with Crippen LogP contribution in [0.15, 0.2) is 99.8 Å². The Labute approximate surface area is 194 Å². The van der Waals surface area contributed by atoms with Gasteiger partial charge in [0.2, 0.25) is 5.89 Å². The Balaban J connectivity index is 1.23. The number of rotatable bonds is 4. The Bertz CT molecular complexity index is 1640. The molecule has 6 aromatic rings. The third-order valence-corrected chi connectivity index (χ3v) is 5.77. The zero-order valence-corrected chi connectivity index (χ0v) is 18.3. The summed E-state index contributed by atoms with van der Waals surface area (Å²) in [5.74, 6) is 1.04. The van der Waals surface area contributed by atoms with E-state index < -0.39 is 0 Å². The Hall–Kier alpha value is -4.71. The lowest BCUT2D eigenvalue weighted by Crippen LogP contribution is -2.11. The molecule has 0 radical (unpaired) electrons. The van der Waals surface area contributed by atoms with Gasteiger partial charge in [0.05, 0.1) is 0 Å². The molecule has 0 unspecified atom stereocenters. The number of amides is 1. The Morgan fingerprint density at radius 2 is 1.53 bits per heavy atom. The average Bonchev–Trinajstić information content (AvgIpc) is 3.53. The van der Waals surface area contributed by atoms with Crippen molar-refractivity contribution in [1.29, 1.82) is 0 Å². The zero-order valence-electron chi connectivity index (χ0n) is 18.3. The van der Waals surface area contributed by atoms with E-state index in [1.54, 1.807) is 24.3 Å². The molecular formula is C28H19N3O3. The Kier molecular flexibility index (Phi) is 4.70. The third-order valence-electron chi connectivity index (χ3n) is 5.77. The highest BCUT2D eigenvalue weighted by atomic mass is 16.4. The van der Waals surface area contributed by atoms with Crippen LogP contribution in [0.2, 0.25) is 0 Å². The number of furan rings is 1. The fraction of sp³-hybridized carbons (Fsp3) is 0.0357. The second kappa shape index (κ2) is 8.01. The van der Waals surface area contributed by atoms with Gasteiger partial charge in [0.25, 0.3) is 11.8 Å². The van der Waals surface area contributed by atoms with Gasteiger partial charge in [-0.15, -0.1) is 10.2 Å². The van der Waals surface area contributed by atoms with Crippen molar-refractivity contribution < 1.29 is 13.6 Å². The van der Waals surface area contributed by atoms with Crippen molar-refractivity contribution in [2.45, 2.75) is 6.92 Å². The minimum absolute atomic E-state index is 0.162. The number of fused-ring (bicyclic) bond motifs is 3. The summed E-state index contributed by atoms with van der Waals surface area (Å²) < 4.78 is 11.9. The van der Waals surface area contributed by atoms with Gasteiger partial charge in [-0.05, 0) is 66.2 Å². The highest BCUT2D eigenvalue weighted by Gasteiger charge is 2.16. The van der Waals surface area contributed by atoms with Crippen molar-refractivity contribution in [3.63, 3.8) is 0 Å².